The first-order chi connectivity index (χ1) is 11.5. The van der Waals surface area contributed by atoms with Gasteiger partial charge in [0, 0.05) is 14.2 Å². The lowest BCUT2D eigenvalue weighted by atomic mass is 10.1. The SMILES string of the molecule is CNc1c(I)cc(/C=C(/C#N)C(=O)Nc2ccccc2F)cc1I. The molecule has 0 saturated carbocycles. The Morgan fingerprint density at radius 2 is 1.88 bits per heavy atom. The van der Waals surface area contributed by atoms with Crippen LogP contribution in [0.1, 0.15) is 5.56 Å². The predicted octanol–water partition coefficient (Wildman–Crippen LogP) is 4.62. The second-order valence-corrected chi connectivity index (χ2v) is 7.04. The van der Waals surface area contributed by atoms with E-state index in [1.165, 1.54) is 24.3 Å². The normalized spacial score (nSPS) is 10.9. The number of para-hydroxylation sites is 1. The van der Waals surface area contributed by atoms with E-state index in [9.17, 15) is 14.4 Å². The molecule has 0 bridgehead atoms. The predicted molar refractivity (Wildman–Crippen MR) is 110 cm³/mol. The van der Waals surface area contributed by atoms with Gasteiger partial charge in [0.15, 0.2) is 0 Å². The van der Waals surface area contributed by atoms with Gasteiger partial charge < -0.3 is 10.6 Å². The fraction of sp³-hybridized carbons (Fsp3) is 0.0588. The summed E-state index contributed by atoms with van der Waals surface area (Å²) < 4.78 is 15.6. The monoisotopic (exact) mass is 547 g/mol. The molecule has 0 saturated heterocycles. The van der Waals surface area contributed by atoms with E-state index in [2.05, 4.69) is 55.8 Å². The molecular formula is C17H12FI2N3O. The summed E-state index contributed by atoms with van der Waals surface area (Å²) in [6, 6.07) is 11.4. The highest BCUT2D eigenvalue weighted by Crippen LogP contribution is 2.27. The third kappa shape index (κ3) is 4.45. The third-order valence-corrected chi connectivity index (χ3v) is 4.81. The topological polar surface area (TPSA) is 64.9 Å². The molecule has 2 N–H and O–H groups in total. The number of carbonyl (C=O) groups excluding carboxylic acids is 1. The highest BCUT2D eigenvalue weighted by Gasteiger charge is 2.13. The van der Waals surface area contributed by atoms with Gasteiger partial charge in [-0.1, -0.05) is 12.1 Å². The summed E-state index contributed by atoms with van der Waals surface area (Å²) in [6.07, 6.45) is 1.49. The van der Waals surface area contributed by atoms with Crippen LogP contribution in [-0.2, 0) is 4.79 Å². The number of hydrogen-bond donors (Lipinski definition) is 2. The minimum Gasteiger partial charge on any atom is -0.386 e. The van der Waals surface area contributed by atoms with Crippen molar-refractivity contribution in [3.63, 3.8) is 0 Å². The quantitative estimate of drug-likeness (QED) is 0.334. The molecule has 0 heterocycles. The molecule has 0 spiro atoms. The van der Waals surface area contributed by atoms with Gasteiger partial charge in [0.2, 0.25) is 0 Å². The molecule has 4 nitrogen and oxygen atoms in total. The minimum atomic E-state index is -0.648. The van der Waals surface area contributed by atoms with E-state index in [4.69, 9.17) is 0 Å². The van der Waals surface area contributed by atoms with Gasteiger partial charge in [-0.3, -0.25) is 4.79 Å². The molecule has 2 aromatic carbocycles. The van der Waals surface area contributed by atoms with E-state index in [1.54, 1.807) is 6.07 Å². The largest absolute Gasteiger partial charge is 0.386 e. The molecule has 0 unspecified atom stereocenters. The molecule has 0 atom stereocenters. The van der Waals surface area contributed by atoms with Crippen molar-refractivity contribution in [1.29, 1.82) is 5.26 Å². The maximum atomic E-state index is 13.6. The van der Waals surface area contributed by atoms with Crippen molar-refractivity contribution >= 4 is 68.5 Å². The Kier molecular flexibility index (Phi) is 6.56. The molecule has 1 amide bonds. The molecule has 24 heavy (non-hydrogen) atoms. The Balaban J connectivity index is 2.31. The number of carbonyl (C=O) groups is 1. The second-order valence-electron chi connectivity index (χ2n) is 4.71. The maximum absolute atomic E-state index is 13.6. The van der Waals surface area contributed by atoms with E-state index in [0.717, 1.165) is 18.4 Å². The number of nitrogens with one attached hydrogen (secondary N) is 2. The number of anilines is 2. The Morgan fingerprint density at radius 1 is 1.25 bits per heavy atom. The van der Waals surface area contributed by atoms with E-state index in [-0.39, 0.29) is 11.3 Å². The van der Waals surface area contributed by atoms with Crippen molar-refractivity contribution in [3.8, 4) is 6.07 Å². The number of nitriles is 1. The lowest BCUT2D eigenvalue weighted by molar-refractivity contribution is -0.112. The van der Waals surface area contributed by atoms with Gasteiger partial charge >= 0.3 is 0 Å². The molecule has 2 rings (SSSR count). The maximum Gasteiger partial charge on any atom is 0.266 e. The van der Waals surface area contributed by atoms with Crippen LogP contribution in [0.2, 0.25) is 0 Å². The van der Waals surface area contributed by atoms with Crippen LogP contribution < -0.4 is 10.6 Å². The average molecular weight is 547 g/mol. The van der Waals surface area contributed by atoms with Crippen LogP contribution in [0.5, 0.6) is 0 Å². The van der Waals surface area contributed by atoms with Gasteiger partial charge in [-0.25, -0.2) is 4.39 Å². The first kappa shape index (κ1) is 18.7. The van der Waals surface area contributed by atoms with Crippen LogP contribution in [-0.4, -0.2) is 13.0 Å². The molecule has 0 aromatic heterocycles. The first-order valence-electron chi connectivity index (χ1n) is 6.80. The van der Waals surface area contributed by atoms with Gasteiger partial charge in [-0.2, -0.15) is 5.26 Å². The van der Waals surface area contributed by atoms with Crippen LogP contribution in [0.4, 0.5) is 15.8 Å². The molecule has 0 fully saturated rings. The summed E-state index contributed by atoms with van der Waals surface area (Å²) >= 11 is 4.36. The Labute approximate surface area is 166 Å². The summed E-state index contributed by atoms with van der Waals surface area (Å²) in [7, 11) is 1.83. The molecule has 0 aliphatic carbocycles. The number of benzene rings is 2. The Bertz CT molecular complexity index is 836. The van der Waals surface area contributed by atoms with Crippen molar-refractivity contribution in [2.45, 2.75) is 0 Å². The molecule has 122 valence electrons. The van der Waals surface area contributed by atoms with Gasteiger partial charge in [0.25, 0.3) is 5.91 Å². The summed E-state index contributed by atoms with van der Waals surface area (Å²) in [5.74, 6) is -1.20. The first-order valence-corrected chi connectivity index (χ1v) is 8.96. The second kappa shape index (κ2) is 8.43. The molecule has 7 heteroatoms. The van der Waals surface area contributed by atoms with Crippen LogP contribution in [0.15, 0.2) is 42.0 Å². The van der Waals surface area contributed by atoms with Crippen molar-refractivity contribution in [3.05, 3.63) is 60.5 Å². The van der Waals surface area contributed by atoms with Crippen molar-refractivity contribution < 1.29 is 9.18 Å². The summed E-state index contributed by atoms with van der Waals surface area (Å²) in [4.78, 5) is 12.2. The van der Waals surface area contributed by atoms with Crippen LogP contribution in [0, 0.1) is 24.3 Å². The zero-order valence-electron chi connectivity index (χ0n) is 12.5. The van der Waals surface area contributed by atoms with Gasteiger partial charge in [-0.15, -0.1) is 0 Å². The number of amides is 1. The fourth-order valence-electron chi connectivity index (χ4n) is 1.98. The molecule has 0 radical (unpaired) electrons. The summed E-state index contributed by atoms with van der Waals surface area (Å²) in [6.45, 7) is 0. The third-order valence-electron chi connectivity index (χ3n) is 3.11. The van der Waals surface area contributed by atoms with E-state index >= 15 is 0 Å². The van der Waals surface area contributed by atoms with Crippen molar-refractivity contribution in [1.82, 2.24) is 0 Å². The van der Waals surface area contributed by atoms with Gasteiger partial charge in [0.05, 0.1) is 11.4 Å². The highest BCUT2D eigenvalue weighted by atomic mass is 127. The van der Waals surface area contributed by atoms with E-state index < -0.39 is 11.7 Å². The molecule has 0 aliphatic heterocycles. The summed E-state index contributed by atoms with van der Waals surface area (Å²) in [5.41, 5.74) is 1.66. The zero-order chi connectivity index (χ0) is 17.7. The van der Waals surface area contributed by atoms with Crippen molar-refractivity contribution in [2.75, 3.05) is 17.7 Å². The number of nitrogens with zero attached hydrogens (tertiary/aromatic N) is 1. The fourth-order valence-corrected chi connectivity index (χ4v) is 4.34. The molecular weight excluding hydrogens is 535 g/mol. The Morgan fingerprint density at radius 3 is 2.42 bits per heavy atom. The minimum absolute atomic E-state index is 0.0401. The standard InChI is InChI=1S/C17H12FI2N3O/c1-22-16-13(19)7-10(8-14(16)20)6-11(9-21)17(24)23-15-5-3-2-4-12(15)18/h2-8,22H,1H3,(H,23,24)/b11-6-. The smallest absolute Gasteiger partial charge is 0.266 e. The lowest BCUT2D eigenvalue weighted by Gasteiger charge is -2.09. The van der Waals surface area contributed by atoms with E-state index in [1.807, 2.05) is 25.2 Å². The molecule has 2 aromatic rings. The van der Waals surface area contributed by atoms with E-state index in [0.29, 0.717) is 0 Å². The van der Waals surface area contributed by atoms with Gasteiger partial charge in [-0.05, 0) is 81.1 Å². The Hall–Kier alpha value is -1.67. The number of hydrogen-bond acceptors (Lipinski definition) is 3. The average Bonchev–Trinajstić information content (AvgIpc) is 2.54. The van der Waals surface area contributed by atoms with Crippen LogP contribution >= 0.6 is 45.2 Å². The zero-order valence-corrected chi connectivity index (χ0v) is 16.8. The van der Waals surface area contributed by atoms with Crippen molar-refractivity contribution in [2.24, 2.45) is 0 Å². The number of rotatable bonds is 4. The van der Waals surface area contributed by atoms with Gasteiger partial charge in [0.1, 0.15) is 17.5 Å². The lowest BCUT2D eigenvalue weighted by Crippen LogP contribution is -2.14. The van der Waals surface area contributed by atoms with Crippen LogP contribution in [0.3, 0.4) is 0 Å². The van der Waals surface area contributed by atoms with Crippen LogP contribution in [0.25, 0.3) is 6.08 Å². The molecule has 0 aliphatic rings. The number of halogens is 3. The summed E-state index contributed by atoms with van der Waals surface area (Å²) in [5, 5.41) is 14.8. The highest BCUT2D eigenvalue weighted by molar-refractivity contribution is 14.1.